The Kier molecular flexibility index (Phi) is 4.84. The molecule has 0 bridgehead atoms. The molecule has 92 valence electrons. The molecule has 17 heavy (non-hydrogen) atoms. The summed E-state index contributed by atoms with van der Waals surface area (Å²) in [7, 11) is 0. The summed E-state index contributed by atoms with van der Waals surface area (Å²) in [6, 6.07) is 6.31. The second kappa shape index (κ2) is 6.15. The molecule has 0 aliphatic carbocycles. The van der Waals surface area contributed by atoms with Crippen molar-refractivity contribution >= 4 is 12.2 Å². The van der Waals surface area contributed by atoms with E-state index >= 15 is 0 Å². The number of aliphatic hydroxyl groups is 1. The second-order valence-electron chi connectivity index (χ2n) is 4.16. The highest BCUT2D eigenvalue weighted by Gasteiger charge is 2.14. The molecule has 2 N–H and O–H groups in total. The maximum absolute atomic E-state index is 11.8. The van der Waals surface area contributed by atoms with E-state index in [2.05, 4.69) is 5.32 Å². The Balaban J connectivity index is 2.66. The van der Waals surface area contributed by atoms with E-state index < -0.39 is 0 Å². The highest BCUT2D eigenvalue weighted by atomic mass is 16.3. The van der Waals surface area contributed by atoms with Crippen LogP contribution >= 0.6 is 0 Å². The summed E-state index contributed by atoms with van der Waals surface area (Å²) in [4.78, 5) is 22.3. The van der Waals surface area contributed by atoms with Gasteiger partial charge in [-0.25, -0.2) is 0 Å². The van der Waals surface area contributed by atoms with Crippen LogP contribution in [0.25, 0.3) is 0 Å². The highest BCUT2D eigenvalue weighted by Crippen LogP contribution is 2.05. The number of amides is 1. The molecule has 1 amide bonds. The SMILES string of the molecule is CC(CO)C(C)NC(=O)c1ccc(C=O)cc1. The Hall–Kier alpha value is -1.68. The molecule has 0 radical (unpaired) electrons. The van der Waals surface area contributed by atoms with Crippen molar-refractivity contribution in [2.24, 2.45) is 5.92 Å². The number of hydrogen-bond donors (Lipinski definition) is 2. The minimum atomic E-state index is -0.199. The first-order chi connectivity index (χ1) is 8.08. The highest BCUT2D eigenvalue weighted by molar-refractivity contribution is 5.95. The fraction of sp³-hybridized carbons (Fsp3) is 0.385. The average Bonchev–Trinajstić information content (AvgIpc) is 2.37. The monoisotopic (exact) mass is 235 g/mol. The van der Waals surface area contributed by atoms with E-state index in [4.69, 9.17) is 5.11 Å². The standard InChI is InChI=1S/C13H17NO3/c1-9(7-15)10(2)14-13(17)12-5-3-11(8-16)4-6-12/h3-6,8-10,15H,7H2,1-2H3,(H,14,17). The Bertz CT molecular complexity index is 386. The van der Waals surface area contributed by atoms with Crippen LogP contribution in [0.5, 0.6) is 0 Å². The molecular formula is C13H17NO3. The number of aliphatic hydroxyl groups excluding tert-OH is 1. The molecule has 0 aromatic heterocycles. The largest absolute Gasteiger partial charge is 0.396 e. The molecule has 0 saturated heterocycles. The predicted molar refractivity (Wildman–Crippen MR) is 65.0 cm³/mol. The molecule has 1 rings (SSSR count). The topological polar surface area (TPSA) is 66.4 Å². The van der Waals surface area contributed by atoms with Crippen LogP contribution in [-0.4, -0.2) is 29.9 Å². The van der Waals surface area contributed by atoms with Gasteiger partial charge in [0.25, 0.3) is 5.91 Å². The first-order valence-corrected chi connectivity index (χ1v) is 5.55. The average molecular weight is 235 g/mol. The number of aldehydes is 1. The molecule has 0 fully saturated rings. The maximum Gasteiger partial charge on any atom is 0.251 e. The lowest BCUT2D eigenvalue weighted by Crippen LogP contribution is -2.38. The molecule has 2 atom stereocenters. The number of benzene rings is 1. The van der Waals surface area contributed by atoms with Crippen LogP contribution in [-0.2, 0) is 0 Å². The Labute approximate surface area is 101 Å². The van der Waals surface area contributed by atoms with Gasteiger partial charge in [-0.2, -0.15) is 0 Å². The normalized spacial score (nSPS) is 13.8. The van der Waals surface area contributed by atoms with Gasteiger partial charge in [-0.05, 0) is 25.0 Å². The van der Waals surface area contributed by atoms with Crippen molar-refractivity contribution in [3.05, 3.63) is 35.4 Å². The number of carbonyl (C=O) groups excluding carboxylic acids is 2. The van der Waals surface area contributed by atoms with E-state index in [-0.39, 0.29) is 24.5 Å². The lowest BCUT2D eigenvalue weighted by molar-refractivity contribution is 0.0915. The van der Waals surface area contributed by atoms with Gasteiger partial charge >= 0.3 is 0 Å². The van der Waals surface area contributed by atoms with Gasteiger partial charge in [0.05, 0.1) is 0 Å². The molecule has 0 aliphatic heterocycles. The molecule has 4 nitrogen and oxygen atoms in total. The third-order valence-electron chi connectivity index (χ3n) is 2.81. The van der Waals surface area contributed by atoms with Gasteiger partial charge in [-0.15, -0.1) is 0 Å². The summed E-state index contributed by atoms with van der Waals surface area (Å²) in [6.07, 6.45) is 0.734. The van der Waals surface area contributed by atoms with Gasteiger partial charge in [-0.1, -0.05) is 19.1 Å². The zero-order valence-corrected chi connectivity index (χ0v) is 10.0. The predicted octanol–water partition coefficient (Wildman–Crippen LogP) is 1.25. The van der Waals surface area contributed by atoms with Crippen molar-refractivity contribution in [3.63, 3.8) is 0 Å². The maximum atomic E-state index is 11.8. The van der Waals surface area contributed by atoms with E-state index in [9.17, 15) is 9.59 Å². The summed E-state index contributed by atoms with van der Waals surface area (Å²) in [6.45, 7) is 3.74. The second-order valence-corrected chi connectivity index (χ2v) is 4.16. The molecule has 1 aromatic carbocycles. The van der Waals surface area contributed by atoms with Crippen molar-refractivity contribution < 1.29 is 14.7 Å². The molecule has 0 heterocycles. The number of carbonyl (C=O) groups is 2. The Morgan fingerprint density at radius 1 is 1.35 bits per heavy atom. The van der Waals surface area contributed by atoms with Gasteiger partial charge in [-0.3, -0.25) is 9.59 Å². The third-order valence-corrected chi connectivity index (χ3v) is 2.81. The fourth-order valence-electron chi connectivity index (χ4n) is 1.30. The minimum Gasteiger partial charge on any atom is -0.396 e. The number of rotatable bonds is 5. The van der Waals surface area contributed by atoms with E-state index in [1.165, 1.54) is 0 Å². The van der Waals surface area contributed by atoms with E-state index in [1.54, 1.807) is 24.3 Å². The molecule has 0 spiro atoms. The fourth-order valence-corrected chi connectivity index (χ4v) is 1.30. The van der Waals surface area contributed by atoms with E-state index in [0.29, 0.717) is 11.1 Å². The summed E-state index contributed by atoms with van der Waals surface area (Å²) in [5.74, 6) is -0.191. The smallest absolute Gasteiger partial charge is 0.251 e. The first kappa shape index (κ1) is 13.4. The van der Waals surface area contributed by atoms with Gasteiger partial charge in [0.2, 0.25) is 0 Å². The van der Waals surface area contributed by atoms with Crippen molar-refractivity contribution in [3.8, 4) is 0 Å². The van der Waals surface area contributed by atoms with Crippen LogP contribution in [0, 0.1) is 5.92 Å². The summed E-state index contributed by atoms with van der Waals surface area (Å²) >= 11 is 0. The molecular weight excluding hydrogens is 218 g/mol. The zero-order chi connectivity index (χ0) is 12.8. The number of nitrogens with one attached hydrogen (secondary N) is 1. The molecule has 1 aromatic rings. The zero-order valence-electron chi connectivity index (χ0n) is 10.0. The van der Waals surface area contributed by atoms with Crippen molar-refractivity contribution in [1.82, 2.24) is 5.32 Å². The van der Waals surface area contributed by atoms with Crippen LogP contribution in [0.4, 0.5) is 0 Å². The van der Waals surface area contributed by atoms with E-state index in [0.717, 1.165) is 6.29 Å². The molecule has 0 saturated carbocycles. The van der Waals surface area contributed by atoms with E-state index in [1.807, 2.05) is 13.8 Å². The van der Waals surface area contributed by atoms with Crippen LogP contribution in [0.15, 0.2) is 24.3 Å². The van der Waals surface area contributed by atoms with Gasteiger partial charge in [0, 0.05) is 23.8 Å². The number of hydrogen-bond acceptors (Lipinski definition) is 3. The lowest BCUT2D eigenvalue weighted by Gasteiger charge is -2.19. The van der Waals surface area contributed by atoms with Crippen molar-refractivity contribution in [2.45, 2.75) is 19.9 Å². The van der Waals surface area contributed by atoms with Gasteiger partial charge in [0.15, 0.2) is 0 Å². The minimum absolute atomic E-state index is 0.00759. The first-order valence-electron chi connectivity index (χ1n) is 5.55. The summed E-state index contributed by atoms with van der Waals surface area (Å²) in [5.41, 5.74) is 1.05. The Morgan fingerprint density at radius 3 is 2.41 bits per heavy atom. The quantitative estimate of drug-likeness (QED) is 0.755. The molecule has 2 unspecified atom stereocenters. The van der Waals surface area contributed by atoms with Crippen LogP contribution in [0.2, 0.25) is 0 Å². The van der Waals surface area contributed by atoms with Crippen molar-refractivity contribution in [2.75, 3.05) is 6.61 Å². The lowest BCUT2D eigenvalue weighted by atomic mass is 10.0. The van der Waals surface area contributed by atoms with Crippen LogP contribution in [0.1, 0.15) is 34.6 Å². The van der Waals surface area contributed by atoms with Crippen LogP contribution in [0.3, 0.4) is 0 Å². The summed E-state index contributed by atoms with van der Waals surface area (Å²) < 4.78 is 0. The Morgan fingerprint density at radius 2 is 1.94 bits per heavy atom. The van der Waals surface area contributed by atoms with Crippen LogP contribution < -0.4 is 5.32 Å². The summed E-state index contributed by atoms with van der Waals surface area (Å²) in [5, 5.41) is 11.8. The third kappa shape index (κ3) is 3.67. The van der Waals surface area contributed by atoms with Crippen molar-refractivity contribution in [1.29, 1.82) is 0 Å². The van der Waals surface area contributed by atoms with Gasteiger partial charge < -0.3 is 10.4 Å². The molecule has 0 aliphatic rings. The molecule has 4 heteroatoms. The van der Waals surface area contributed by atoms with Gasteiger partial charge in [0.1, 0.15) is 6.29 Å².